The van der Waals surface area contributed by atoms with E-state index in [0.717, 1.165) is 25.9 Å². The topological polar surface area (TPSA) is 91.0 Å². The van der Waals surface area contributed by atoms with Crippen molar-refractivity contribution in [1.29, 1.82) is 0 Å². The molecule has 2 heterocycles. The summed E-state index contributed by atoms with van der Waals surface area (Å²) >= 11 is 0. The minimum Gasteiger partial charge on any atom is -0.496 e. The van der Waals surface area contributed by atoms with Crippen molar-refractivity contribution < 1.29 is 26.7 Å². The first-order valence-corrected chi connectivity index (χ1v) is 14.6. The van der Waals surface area contributed by atoms with Gasteiger partial charge in [0, 0.05) is 30.9 Å². The highest BCUT2D eigenvalue weighted by Gasteiger charge is 2.45. The van der Waals surface area contributed by atoms with Crippen molar-refractivity contribution in [3.8, 4) is 5.75 Å². The SMILES string of the molecule is CCS(=O)(=O)Nc1ccc(C(=O)Nc2ccc(OC)c(CN3CC(F)(F)C3)c2)c(N2CCC3(CC2)CC3)c1. The van der Waals surface area contributed by atoms with E-state index in [4.69, 9.17) is 4.74 Å². The van der Waals surface area contributed by atoms with Crippen LogP contribution in [0.15, 0.2) is 36.4 Å². The number of hydrogen-bond acceptors (Lipinski definition) is 6. The van der Waals surface area contributed by atoms with Crippen LogP contribution in [0.4, 0.5) is 25.8 Å². The Hall–Kier alpha value is -2.92. The molecule has 38 heavy (non-hydrogen) atoms. The van der Waals surface area contributed by atoms with Gasteiger partial charge in [0.15, 0.2) is 0 Å². The molecule has 0 radical (unpaired) electrons. The van der Waals surface area contributed by atoms with Crippen molar-refractivity contribution in [2.45, 2.75) is 45.1 Å². The zero-order valence-corrected chi connectivity index (χ0v) is 22.5. The maximum atomic E-state index is 13.5. The van der Waals surface area contributed by atoms with Gasteiger partial charge >= 0.3 is 0 Å². The molecule has 0 unspecified atom stereocenters. The van der Waals surface area contributed by atoms with Crippen LogP contribution in [0.1, 0.15) is 48.5 Å². The number of carbonyl (C=O) groups excluding carboxylic acids is 1. The minimum absolute atomic E-state index is 0.0499. The Balaban J connectivity index is 1.38. The van der Waals surface area contributed by atoms with E-state index in [2.05, 4.69) is 14.9 Å². The molecule has 1 aliphatic carbocycles. The second kappa shape index (κ2) is 10.00. The maximum Gasteiger partial charge on any atom is 0.272 e. The first-order chi connectivity index (χ1) is 18.0. The number of alkyl halides is 2. The van der Waals surface area contributed by atoms with E-state index in [9.17, 15) is 22.0 Å². The molecule has 2 N–H and O–H groups in total. The number of methoxy groups -OCH3 is 1. The quantitative estimate of drug-likeness (QED) is 0.478. The molecule has 1 spiro atoms. The third-order valence-electron chi connectivity index (χ3n) is 7.86. The van der Waals surface area contributed by atoms with Gasteiger partial charge in [-0.25, -0.2) is 17.2 Å². The van der Waals surface area contributed by atoms with Gasteiger partial charge in [0.25, 0.3) is 11.8 Å². The Morgan fingerprint density at radius 2 is 1.71 bits per heavy atom. The summed E-state index contributed by atoms with van der Waals surface area (Å²) in [5, 5.41) is 2.94. The predicted octanol–water partition coefficient (Wildman–Crippen LogP) is 4.54. The largest absolute Gasteiger partial charge is 0.496 e. The zero-order valence-electron chi connectivity index (χ0n) is 21.7. The lowest BCUT2D eigenvalue weighted by atomic mass is 9.93. The van der Waals surface area contributed by atoms with E-state index in [1.807, 2.05) is 0 Å². The van der Waals surface area contributed by atoms with Gasteiger partial charge in [-0.2, -0.15) is 0 Å². The van der Waals surface area contributed by atoms with Crippen LogP contribution < -0.4 is 19.7 Å². The summed E-state index contributed by atoms with van der Waals surface area (Å²) in [5.74, 6) is -2.48. The molecule has 3 aliphatic rings. The Morgan fingerprint density at radius 3 is 2.32 bits per heavy atom. The number of sulfonamides is 1. The molecule has 2 saturated heterocycles. The smallest absolute Gasteiger partial charge is 0.272 e. The van der Waals surface area contributed by atoms with Crippen molar-refractivity contribution >= 4 is 33.0 Å². The summed E-state index contributed by atoms with van der Waals surface area (Å²) in [7, 11) is -1.95. The van der Waals surface area contributed by atoms with Crippen molar-refractivity contribution in [2.75, 3.05) is 54.0 Å². The Morgan fingerprint density at radius 1 is 1.03 bits per heavy atom. The van der Waals surface area contributed by atoms with Crippen LogP contribution >= 0.6 is 0 Å². The van der Waals surface area contributed by atoms with Crippen LogP contribution in [0.2, 0.25) is 0 Å². The normalized spacial score (nSPS) is 20.1. The summed E-state index contributed by atoms with van der Waals surface area (Å²) in [5.41, 5.74) is 3.22. The summed E-state index contributed by atoms with van der Waals surface area (Å²) < 4.78 is 59.0. The standard InChI is InChI=1S/C27H34F2N4O4S/c1-3-38(35,36)31-21-4-6-22(23(15-21)33-12-10-26(8-9-26)11-13-33)25(34)30-20-5-7-24(37-2)19(14-20)16-32-17-27(28,29)18-32/h4-7,14-15,31H,3,8-13,16-18H2,1-2H3,(H,30,34). The highest BCUT2D eigenvalue weighted by Crippen LogP contribution is 2.54. The number of benzene rings is 2. The second-order valence-corrected chi connectivity index (χ2v) is 12.7. The Labute approximate surface area is 222 Å². The molecule has 2 aromatic rings. The van der Waals surface area contributed by atoms with Gasteiger partial charge in [-0.05, 0) is 74.4 Å². The molecule has 11 heteroatoms. The zero-order chi connectivity index (χ0) is 27.1. The number of anilines is 3. The average Bonchev–Trinajstić information content (AvgIpc) is 3.62. The second-order valence-electron chi connectivity index (χ2n) is 10.7. The van der Waals surface area contributed by atoms with Gasteiger partial charge in [-0.15, -0.1) is 0 Å². The van der Waals surface area contributed by atoms with Gasteiger partial charge in [0.1, 0.15) is 5.75 Å². The molecule has 8 nitrogen and oxygen atoms in total. The fourth-order valence-electron chi connectivity index (χ4n) is 5.34. The van der Waals surface area contributed by atoms with Crippen LogP contribution in [-0.4, -0.2) is 64.2 Å². The molecule has 2 aromatic carbocycles. The van der Waals surface area contributed by atoms with Crippen LogP contribution in [0.3, 0.4) is 0 Å². The van der Waals surface area contributed by atoms with Gasteiger partial charge in [0.05, 0.1) is 42.9 Å². The molecule has 206 valence electrons. The van der Waals surface area contributed by atoms with Gasteiger partial charge in [-0.1, -0.05) is 0 Å². The lowest BCUT2D eigenvalue weighted by Crippen LogP contribution is -2.55. The number of rotatable bonds is 9. The average molecular weight is 549 g/mol. The number of halogens is 2. The number of amides is 1. The van der Waals surface area contributed by atoms with E-state index in [1.54, 1.807) is 48.2 Å². The van der Waals surface area contributed by atoms with Crippen LogP contribution in [-0.2, 0) is 16.6 Å². The summed E-state index contributed by atoms with van der Waals surface area (Å²) in [6.07, 6.45) is 4.60. The minimum atomic E-state index is -3.47. The van der Waals surface area contributed by atoms with Gasteiger partial charge in [-0.3, -0.25) is 14.4 Å². The molecule has 0 atom stereocenters. The Bertz CT molecular complexity index is 1310. The fraction of sp³-hybridized carbons (Fsp3) is 0.519. The van der Waals surface area contributed by atoms with Crippen molar-refractivity contribution in [2.24, 2.45) is 5.41 Å². The number of carbonyl (C=O) groups is 1. The third-order valence-corrected chi connectivity index (χ3v) is 9.17. The van der Waals surface area contributed by atoms with Crippen LogP contribution in [0, 0.1) is 5.41 Å². The summed E-state index contributed by atoms with van der Waals surface area (Å²) in [4.78, 5) is 17.3. The number of likely N-dealkylation sites (tertiary alicyclic amines) is 1. The predicted molar refractivity (Wildman–Crippen MR) is 144 cm³/mol. The van der Waals surface area contributed by atoms with E-state index >= 15 is 0 Å². The van der Waals surface area contributed by atoms with Crippen LogP contribution in [0.5, 0.6) is 5.75 Å². The summed E-state index contributed by atoms with van der Waals surface area (Å²) in [6, 6.07) is 10.1. The van der Waals surface area contributed by atoms with E-state index in [-0.39, 0.29) is 31.3 Å². The van der Waals surface area contributed by atoms with E-state index < -0.39 is 15.9 Å². The molecular formula is C27H34F2N4O4S. The van der Waals surface area contributed by atoms with Crippen molar-refractivity contribution in [1.82, 2.24) is 4.90 Å². The molecular weight excluding hydrogens is 514 g/mol. The van der Waals surface area contributed by atoms with Gasteiger partial charge in [0.2, 0.25) is 10.0 Å². The number of ether oxygens (including phenoxy) is 1. The van der Waals surface area contributed by atoms with E-state index in [1.165, 1.54) is 20.0 Å². The first-order valence-electron chi connectivity index (χ1n) is 13.0. The number of nitrogens with zero attached hydrogens (tertiary/aromatic N) is 2. The molecule has 1 saturated carbocycles. The number of nitrogens with one attached hydrogen (secondary N) is 2. The summed E-state index contributed by atoms with van der Waals surface area (Å²) in [6.45, 7) is 2.86. The highest BCUT2D eigenvalue weighted by atomic mass is 32.2. The third kappa shape index (κ3) is 5.88. The van der Waals surface area contributed by atoms with Crippen LogP contribution in [0.25, 0.3) is 0 Å². The fourth-order valence-corrected chi connectivity index (χ4v) is 5.97. The lowest BCUT2D eigenvalue weighted by molar-refractivity contribution is -0.134. The molecule has 1 amide bonds. The van der Waals surface area contributed by atoms with Gasteiger partial charge < -0.3 is 15.0 Å². The molecule has 0 aromatic heterocycles. The Kier molecular flexibility index (Phi) is 7.02. The number of hydrogen-bond donors (Lipinski definition) is 2. The molecule has 2 aliphatic heterocycles. The first kappa shape index (κ1) is 26.7. The van der Waals surface area contributed by atoms with E-state index in [0.29, 0.717) is 39.4 Å². The number of piperidine rings is 1. The molecule has 5 rings (SSSR count). The highest BCUT2D eigenvalue weighted by molar-refractivity contribution is 7.92. The molecule has 0 bridgehead atoms. The lowest BCUT2D eigenvalue weighted by Gasteiger charge is -2.38. The monoisotopic (exact) mass is 548 g/mol. The molecule has 3 fully saturated rings. The maximum absolute atomic E-state index is 13.5. The van der Waals surface area contributed by atoms with Crippen molar-refractivity contribution in [3.63, 3.8) is 0 Å². The van der Waals surface area contributed by atoms with Crippen molar-refractivity contribution in [3.05, 3.63) is 47.5 Å².